The molecule has 88 valence electrons. The Labute approximate surface area is 101 Å². The minimum absolute atomic E-state index is 0.122. The third kappa shape index (κ3) is 2.76. The van der Waals surface area contributed by atoms with Gasteiger partial charge in [-0.25, -0.2) is 9.97 Å². The van der Waals surface area contributed by atoms with Crippen LogP contribution in [0.3, 0.4) is 0 Å². The first-order chi connectivity index (χ1) is 8.31. The van der Waals surface area contributed by atoms with E-state index in [2.05, 4.69) is 29.9 Å². The number of hydrogen-bond donors (Lipinski definition) is 1. The summed E-state index contributed by atoms with van der Waals surface area (Å²) in [7, 11) is 0. The van der Waals surface area contributed by atoms with Crippen LogP contribution in [0.5, 0.6) is 0 Å². The molecule has 0 bridgehead atoms. The zero-order valence-electron chi connectivity index (χ0n) is 8.63. The minimum Gasteiger partial charge on any atom is -0.369 e. The predicted molar refractivity (Wildman–Crippen MR) is 58.9 cm³/mol. The van der Waals surface area contributed by atoms with Gasteiger partial charge in [-0.2, -0.15) is 4.98 Å². The third-order valence-corrected chi connectivity index (χ3v) is 2.30. The zero-order valence-corrected chi connectivity index (χ0v) is 9.39. The Morgan fingerprint density at radius 1 is 1.41 bits per heavy atom. The molecule has 0 aliphatic rings. The first kappa shape index (κ1) is 11.5. The van der Waals surface area contributed by atoms with E-state index >= 15 is 0 Å². The molecule has 7 nitrogen and oxygen atoms in total. The Hall–Kier alpha value is -2.02. The van der Waals surface area contributed by atoms with Gasteiger partial charge in [0.2, 0.25) is 6.39 Å². The van der Waals surface area contributed by atoms with Crippen molar-refractivity contribution in [3.05, 3.63) is 29.3 Å². The molecule has 8 heteroatoms. The van der Waals surface area contributed by atoms with Crippen LogP contribution in [-0.4, -0.2) is 32.9 Å². The lowest BCUT2D eigenvalue weighted by molar-refractivity contribution is 0.112. The number of aromatic nitrogens is 4. The largest absolute Gasteiger partial charge is 0.369 e. The second kappa shape index (κ2) is 5.35. The lowest BCUT2D eigenvalue weighted by Gasteiger charge is -2.06. The number of carbonyl (C=O) groups excluding carboxylic acids is 1. The lowest BCUT2D eigenvalue weighted by atomic mass is 10.3. The molecular weight excluding hydrogens is 246 g/mol. The van der Waals surface area contributed by atoms with Crippen LogP contribution in [0.2, 0.25) is 5.15 Å². The molecule has 2 aromatic rings. The van der Waals surface area contributed by atoms with Gasteiger partial charge in [0.05, 0.1) is 5.56 Å². The van der Waals surface area contributed by atoms with Crippen molar-refractivity contribution < 1.29 is 9.32 Å². The summed E-state index contributed by atoms with van der Waals surface area (Å²) in [6.07, 6.45) is 3.70. The average Bonchev–Trinajstić information content (AvgIpc) is 2.82. The monoisotopic (exact) mass is 253 g/mol. The zero-order chi connectivity index (χ0) is 12.1. The van der Waals surface area contributed by atoms with Gasteiger partial charge in [-0.1, -0.05) is 16.8 Å². The van der Waals surface area contributed by atoms with E-state index in [1.807, 2.05) is 0 Å². The van der Waals surface area contributed by atoms with E-state index in [-0.39, 0.29) is 10.7 Å². The fourth-order valence-electron chi connectivity index (χ4n) is 1.21. The average molecular weight is 254 g/mol. The van der Waals surface area contributed by atoms with Gasteiger partial charge >= 0.3 is 0 Å². The molecule has 0 atom stereocenters. The Balaban J connectivity index is 1.99. The van der Waals surface area contributed by atoms with E-state index in [4.69, 9.17) is 11.6 Å². The van der Waals surface area contributed by atoms with Crippen molar-refractivity contribution in [1.29, 1.82) is 0 Å². The van der Waals surface area contributed by atoms with Crippen LogP contribution in [-0.2, 0) is 6.42 Å². The van der Waals surface area contributed by atoms with Crippen molar-refractivity contribution in [2.45, 2.75) is 6.42 Å². The maximum atomic E-state index is 10.8. The Bertz CT molecular complexity index is 502. The molecule has 0 aliphatic carbocycles. The highest BCUT2D eigenvalue weighted by Gasteiger charge is 2.08. The summed E-state index contributed by atoms with van der Waals surface area (Å²) in [5, 5.41) is 6.73. The predicted octanol–water partition coefficient (Wildman–Crippen LogP) is 0.980. The fourth-order valence-corrected chi connectivity index (χ4v) is 1.39. The molecule has 0 aromatic carbocycles. The van der Waals surface area contributed by atoms with Crippen LogP contribution in [0.4, 0.5) is 5.82 Å². The minimum atomic E-state index is 0.122. The van der Waals surface area contributed by atoms with Crippen LogP contribution in [0.1, 0.15) is 16.2 Å². The summed E-state index contributed by atoms with van der Waals surface area (Å²) in [5.41, 5.74) is 0.238. The van der Waals surface area contributed by atoms with E-state index in [9.17, 15) is 4.79 Å². The van der Waals surface area contributed by atoms with Crippen LogP contribution < -0.4 is 5.32 Å². The maximum Gasteiger partial charge on any atom is 0.213 e. The number of halogens is 1. The number of rotatable bonds is 5. The van der Waals surface area contributed by atoms with Crippen molar-refractivity contribution in [2.75, 3.05) is 11.9 Å². The van der Waals surface area contributed by atoms with Gasteiger partial charge in [-0.3, -0.25) is 4.79 Å². The van der Waals surface area contributed by atoms with Gasteiger partial charge < -0.3 is 9.84 Å². The van der Waals surface area contributed by atoms with Crippen LogP contribution in [0.15, 0.2) is 17.2 Å². The maximum absolute atomic E-state index is 10.8. The normalized spacial score (nSPS) is 10.2. The van der Waals surface area contributed by atoms with Crippen molar-refractivity contribution in [2.24, 2.45) is 0 Å². The first-order valence-electron chi connectivity index (χ1n) is 4.76. The molecule has 0 spiro atoms. The summed E-state index contributed by atoms with van der Waals surface area (Å²) < 4.78 is 4.59. The molecule has 2 heterocycles. The van der Waals surface area contributed by atoms with Gasteiger partial charge in [-0.05, 0) is 0 Å². The molecule has 0 fully saturated rings. The second-order valence-electron chi connectivity index (χ2n) is 3.07. The number of nitrogens with zero attached hydrogens (tertiary/aromatic N) is 4. The summed E-state index contributed by atoms with van der Waals surface area (Å²) in [5.74, 6) is 0.966. The molecule has 0 saturated heterocycles. The van der Waals surface area contributed by atoms with Crippen molar-refractivity contribution >= 4 is 23.7 Å². The van der Waals surface area contributed by atoms with Crippen LogP contribution >= 0.6 is 11.6 Å². The first-order valence-corrected chi connectivity index (χ1v) is 5.14. The summed E-state index contributed by atoms with van der Waals surface area (Å²) in [6.45, 7) is 0.508. The smallest absolute Gasteiger partial charge is 0.213 e. The Kier molecular flexibility index (Phi) is 3.61. The molecule has 17 heavy (non-hydrogen) atoms. The standard InChI is InChI=1S/C9H8ClN5O2/c10-8-6(3-16)9(13-4-12-8)11-2-1-7-14-5-17-15-7/h3-5H,1-2H2,(H,11,12,13). The fraction of sp³-hybridized carbons (Fsp3) is 0.222. The Morgan fingerprint density at radius 2 is 2.29 bits per heavy atom. The lowest BCUT2D eigenvalue weighted by Crippen LogP contribution is -2.10. The molecule has 0 saturated carbocycles. The molecule has 0 aliphatic heterocycles. The molecule has 2 aromatic heterocycles. The van der Waals surface area contributed by atoms with Gasteiger partial charge in [0, 0.05) is 13.0 Å². The number of nitrogens with one attached hydrogen (secondary N) is 1. The highest BCUT2D eigenvalue weighted by molar-refractivity contribution is 6.32. The van der Waals surface area contributed by atoms with Crippen molar-refractivity contribution in [3.63, 3.8) is 0 Å². The van der Waals surface area contributed by atoms with E-state index in [0.29, 0.717) is 30.9 Å². The second-order valence-corrected chi connectivity index (χ2v) is 3.43. The van der Waals surface area contributed by atoms with Gasteiger partial charge in [0.1, 0.15) is 17.3 Å². The molecule has 1 N–H and O–H groups in total. The van der Waals surface area contributed by atoms with E-state index in [0.717, 1.165) is 0 Å². The van der Waals surface area contributed by atoms with Crippen molar-refractivity contribution in [1.82, 2.24) is 20.1 Å². The summed E-state index contributed by atoms with van der Waals surface area (Å²) in [4.78, 5) is 22.3. The summed E-state index contributed by atoms with van der Waals surface area (Å²) in [6, 6.07) is 0. The van der Waals surface area contributed by atoms with Gasteiger partial charge in [0.25, 0.3) is 0 Å². The van der Waals surface area contributed by atoms with Crippen molar-refractivity contribution in [3.8, 4) is 0 Å². The van der Waals surface area contributed by atoms with Gasteiger partial charge in [0.15, 0.2) is 12.1 Å². The molecule has 0 amide bonds. The molecular formula is C9H8ClN5O2. The molecule has 0 unspecified atom stereocenters. The summed E-state index contributed by atoms with van der Waals surface area (Å²) >= 11 is 5.75. The van der Waals surface area contributed by atoms with E-state index in [1.54, 1.807) is 0 Å². The number of carbonyl (C=O) groups is 1. The SMILES string of the molecule is O=Cc1c(Cl)ncnc1NCCc1ncon1. The third-order valence-electron chi connectivity index (χ3n) is 2.00. The number of anilines is 1. The van der Waals surface area contributed by atoms with Crippen LogP contribution in [0.25, 0.3) is 0 Å². The highest BCUT2D eigenvalue weighted by atomic mass is 35.5. The quantitative estimate of drug-likeness (QED) is 0.627. The van der Waals surface area contributed by atoms with Crippen LogP contribution in [0, 0.1) is 0 Å². The highest BCUT2D eigenvalue weighted by Crippen LogP contribution is 2.16. The van der Waals surface area contributed by atoms with Gasteiger partial charge in [-0.15, -0.1) is 0 Å². The van der Waals surface area contributed by atoms with E-state index < -0.39 is 0 Å². The number of aldehydes is 1. The number of hydrogen-bond acceptors (Lipinski definition) is 7. The molecule has 0 radical (unpaired) electrons. The topological polar surface area (TPSA) is 93.8 Å². The molecule has 2 rings (SSSR count). The Morgan fingerprint density at radius 3 is 3.00 bits per heavy atom. The van der Waals surface area contributed by atoms with E-state index in [1.165, 1.54) is 12.7 Å².